The van der Waals surface area contributed by atoms with E-state index in [-0.39, 0.29) is 0 Å². The Morgan fingerprint density at radius 2 is 1.47 bits per heavy atom. The van der Waals surface area contributed by atoms with Gasteiger partial charge in [-0.3, -0.25) is 0 Å². The number of thiocarbonyl (C=S) groups is 1. The lowest BCUT2D eigenvalue weighted by Gasteiger charge is -1.96. The van der Waals surface area contributed by atoms with Crippen molar-refractivity contribution in [1.82, 2.24) is 0 Å². The largest absolute Gasteiger partial charge is 0.238 e. The van der Waals surface area contributed by atoms with Gasteiger partial charge in [-0.15, -0.1) is 0 Å². The molecular formula is C16H10N2S. The molecule has 0 saturated heterocycles. The highest BCUT2D eigenvalue weighted by atomic mass is 32.1. The second-order valence-electron chi connectivity index (χ2n) is 3.83. The molecule has 0 atom stereocenters. The number of isothiocyanates is 1. The summed E-state index contributed by atoms with van der Waals surface area (Å²) >= 11 is 4.55. The van der Waals surface area contributed by atoms with Crippen LogP contribution < -0.4 is 0 Å². The molecule has 0 spiro atoms. The summed E-state index contributed by atoms with van der Waals surface area (Å²) in [5.41, 5.74) is 3.60. The predicted molar refractivity (Wildman–Crippen MR) is 82.8 cm³/mol. The topological polar surface area (TPSA) is 16.7 Å². The Kier molecular flexibility index (Phi) is 4.36. The third-order valence-electron chi connectivity index (χ3n) is 2.56. The van der Waals surface area contributed by atoms with Crippen molar-refractivity contribution in [3.8, 4) is 0 Å². The van der Waals surface area contributed by atoms with Gasteiger partial charge in [-0.05, 0) is 35.5 Å². The van der Waals surface area contributed by atoms with Gasteiger partial charge in [0.05, 0.1) is 17.4 Å². The summed E-state index contributed by atoms with van der Waals surface area (Å²) in [4.78, 5) is 7.26. The van der Waals surface area contributed by atoms with Gasteiger partial charge in [0.2, 0.25) is 0 Å². The summed E-state index contributed by atoms with van der Waals surface area (Å²) in [5.74, 6) is 0. The average Bonchev–Trinajstić information content (AvgIpc) is 2.47. The number of aliphatic imine (C=N–C) groups is 1. The van der Waals surface area contributed by atoms with Crippen LogP contribution in [0.5, 0.6) is 0 Å². The third-order valence-corrected chi connectivity index (χ3v) is 2.65. The van der Waals surface area contributed by atoms with Crippen LogP contribution in [0.2, 0.25) is 0 Å². The molecule has 0 aromatic heterocycles. The molecule has 3 heteroatoms. The first kappa shape index (κ1) is 12.9. The standard InChI is InChI=1S/C16H10N2S/c1-17-15-8-4-13(5-9-15)2-3-14-6-10-16(11-7-14)18-12-19/h2-11H/b3-2+. The Bertz CT molecular complexity index is 670. The number of benzene rings is 2. The summed E-state index contributed by atoms with van der Waals surface area (Å²) in [7, 11) is 0. The molecule has 2 aromatic rings. The van der Waals surface area contributed by atoms with Crippen molar-refractivity contribution in [3.63, 3.8) is 0 Å². The molecule has 0 unspecified atom stereocenters. The van der Waals surface area contributed by atoms with Gasteiger partial charge in [0, 0.05) is 0 Å². The molecule has 2 aromatic carbocycles. The molecule has 0 bridgehead atoms. The maximum Gasteiger partial charge on any atom is 0.187 e. The number of nitrogens with zero attached hydrogens (tertiary/aromatic N) is 2. The highest BCUT2D eigenvalue weighted by molar-refractivity contribution is 7.78. The normalized spacial score (nSPS) is 9.84. The first-order valence-electron chi connectivity index (χ1n) is 5.65. The van der Waals surface area contributed by atoms with E-state index in [0.29, 0.717) is 5.69 Å². The minimum Gasteiger partial charge on any atom is -0.238 e. The molecule has 90 valence electrons. The van der Waals surface area contributed by atoms with Crippen molar-refractivity contribution in [1.29, 1.82) is 0 Å². The molecular weight excluding hydrogens is 252 g/mol. The lowest BCUT2D eigenvalue weighted by Crippen LogP contribution is -1.72. The van der Waals surface area contributed by atoms with E-state index < -0.39 is 0 Å². The Morgan fingerprint density at radius 3 is 1.95 bits per heavy atom. The van der Waals surface area contributed by atoms with E-state index in [1.807, 2.05) is 60.7 Å². The van der Waals surface area contributed by atoms with Crippen molar-refractivity contribution < 1.29 is 0 Å². The molecule has 0 heterocycles. The summed E-state index contributed by atoms with van der Waals surface area (Å²) in [6.45, 7) is 6.89. The molecule has 0 aliphatic heterocycles. The van der Waals surface area contributed by atoms with Crippen molar-refractivity contribution in [2.45, 2.75) is 0 Å². The summed E-state index contributed by atoms with van der Waals surface area (Å²) < 4.78 is 0. The second-order valence-corrected chi connectivity index (χ2v) is 4.01. The van der Waals surface area contributed by atoms with E-state index >= 15 is 0 Å². The first-order valence-corrected chi connectivity index (χ1v) is 6.06. The second kappa shape index (κ2) is 6.42. The zero-order valence-corrected chi connectivity index (χ0v) is 10.9. The van der Waals surface area contributed by atoms with Crippen molar-refractivity contribution in [3.05, 3.63) is 71.1 Å². The predicted octanol–water partition coefficient (Wildman–Crippen LogP) is 5.14. The number of hydrogen-bond acceptors (Lipinski definition) is 2. The van der Waals surface area contributed by atoms with Gasteiger partial charge in [0.15, 0.2) is 5.69 Å². The monoisotopic (exact) mass is 262 g/mol. The highest BCUT2D eigenvalue weighted by Gasteiger charge is 1.91. The summed E-state index contributed by atoms with van der Waals surface area (Å²) in [6, 6.07) is 15.2. The SMILES string of the molecule is [C-]#[N+]c1ccc(/C=C/c2ccc(N=C=S)cc2)cc1. The quantitative estimate of drug-likeness (QED) is 0.324. The van der Waals surface area contributed by atoms with Crippen LogP contribution in [0.15, 0.2) is 53.5 Å². The molecule has 0 amide bonds. The van der Waals surface area contributed by atoms with Gasteiger partial charge in [-0.2, -0.15) is 4.99 Å². The Hall–Kier alpha value is -2.53. The molecule has 0 fully saturated rings. The molecule has 2 rings (SSSR count). The van der Waals surface area contributed by atoms with Gasteiger partial charge in [-0.25, -0.2) is 4.85 Å². The lowest BCUT2D eigenvalue weighted by atomic mass is 10.1. The average molecular weight is 262 g/mol. The van der Waals surface area contributed by atoms with Gasteiger partial charge >= 0.3 is 0 Å². The van der Waals surface area contributed by atoms with Crippen LogP contribution in [0.1, 0.15) is 11.1 Å². The highest BCUT2D eigenvalue weighted by Crippen LogP contribution is 2.16. The zero-order chi connectivity index (χ0) is 13.5. The zero-order valence-electron chi connectivity index (χ0n) is 10.1. The van der Waals surface area contributed by atoms with Crippen LogP contribution in [0.25, 0.3) is 17.0 Å². The van der Waals surface area contributed by atoms with Gasteiger partial charge < -0.3 is 0 Å². The fourth-order valence-electron chi connectivity index (χ4n) is 1.57. The van der Waals surface area contributed by atoms with Gasteiger partial charge in [0.1, 0.15) is 0 Å². The van der Waals surface area contributed by atoms with E-state index in [1.54, 1.807) is 0 Å². The summed E-state index contributed by atoms with van der Waals surface area (Å²) in [6.07, 6.45) is 4.02. The number of hydrogen-bond donors (Lipinski definition) is 0. The molecule has 0 aliphatic carbocycles. The minimum absolute atomic E-state index is 0.652. The fourth-order valence-corrected chi connectivity index (χ4v) is 1.67. The maximum absolute atomic E-state index is 6.89. The van der Waals surface area contributed by atoms with E-state index in [1.165, 1.54) is 0 Å². The Balaban J connectivity index is 2.13. The van der Waals surface area contributed by atoms with Gasteiger partial charge in [0.25, 0.3) is 0 Å². The summed E-state index contributed by atoms with van der Waals surface area (Å²) in [5, 5.41) is 2.34. The minimum atomic E-state index is 0.652. The number of rotatable bonds is 3. The van der Waals surface area contributed by atoms with Crippen LogP contribution in [0, 0.1) is 6.57 Å². The van der Waals surface area contributed by atoms with Gasteiger partial charge in [-0.1, -0.05) is 48.6 Å². The fraction of sp³-hybridized carbons (Fsp3) is 0. The molecule has 0 N–H and O–H groups in total. The van der Waals surface area contributed by atoms with Crippen molar-refractivity contribution >= 4 is 40.9 Å². The molecule has 19 heavy (non-hydrogen) atoms. The van der Waals surface area contributed by atoms with Crippen LogP contribution in [0.3, 0.4) is 0 Å². The third kappa shape index (κ3) is 3.72. The van der Waals surface area contributed by atoms with Crippen LogP contribution in [0.4, 0.5) is 11.4 Å². The van der Waals surface area contributed by atoms with Crippen molar-refractivity contribution in [2.75, 3.05) is 0 Å². The maximum atomic E-state index is 6.89. The molecule has 0 aliphatic rings. The molecule has 2 nitrogen and oxygen atoms in total. The van der Waals surface area contributed by atoms with E-state index in [0.717, 1.165) is 16.8 Å². The van der Waals surface area contributed by atoms with Crippen LogP contribution in [-0.2, 0) is 0 Å². The first-order chi connectivity index (χ1) is 9.31. The molecule has 0 saturated carbocycles. The van der Waals surface area contributed by atoms with E-state index in [4.69, 9.17) is 6.57 Å². The Morgan fingerprint density at radius 1 is 0.947 bits per heavy atom. The van der Waals surface area contributed by atoms with E-state index in [9.17, 15) is 0 Å². The van der Waals surface area contributed by atoms with Crippen LogP contribution in [-0.4, -0.2) is 5.16 Å². The lowest BCUT2D eigenvalue weighted by molar-refractivity contribution is 1.54. The Labute approximate surface area is 117 Å². The van der Waals surface area contributed by atoms with E-state index in [2.05, 4.69) is 27.2 Å². The smallest absolute Gasteiger partial charge is 0.187 e. The molecule has 0 radical (unpaired) electrons. The van der Waals surface area contributed by atoms with Crippen molar-refractivity contribution in [2.24, 2.45) is 4.99 Å². The van der Waals surface area contributed by atoms with Crippen LogP contribution >= 0.6 is 12.2 Å².